The van der Waals surface area contributed by atoms with E-state index in [1.807, 2.05) is 6.92 Å². The smallest absolute Gasteiger partial charge is 0.123 e. The van der Waals surface area contributed by atoms with Gasteiger partial charge < -0.3 is 14.8 Å². The van der Waals surface area contributed by atoms with Crippen molar-refractivity contribution in [3.05, 3.63) is 29.6 Å². The van der Waals surface area contributed by atoms with Gasteiger partial charge in [0.05, 0.1) is 13.2 Å². The zero-order valence-corrected chi connectivity index (χ0v) is 12.2. The van der Waals surface area contributed by atoms with E-state index in [-0.39, 0.29) is 18.0 Å². The molecule has 0 fully saturated rings. The molecule has 1 aromatic rings. The van der Waals surface area contributed by atoms with Gasteiger partial charge in [-0.25, -0.2) is 4.39 Å². The van der Waals surface area contributed by atoms with E-state index in [1.165, 1.54) is 12.1 Å². The van der Waals surface area contributed by atoms with Gasteiger partial charge in [-0.15, -0.1) is 0 Å². The highest BCUT2D eigenvalue weighted by Crippen LogP contribution is 2.29. The average Bonchev–Trinajstić information content (AvgIpc) is 2.43. The maximum Gasteiger partial charge on any atom is 0.123 e. The molecule has 2 atom stereocenters. The summed E-state index contributed by atoms with van der Waals surface area (Å²) in [6.45, 7) is 4.99. The minimum Gasteiger partial charge on any atom is -0.496 e. The Morgan fingerprint density at radius 3 is 2.63 bits per heavy atom. The molecule has 19 heavy (non-hydrogen) atoms. The number of rotatable bonds is 8. The lowest BCUT2D eigenvalue weighted by atomic mass is 9.99. The third-order valence-electron chi connectivity index (χ3n) is 3.18. The predicted molar refractivity (Wildman–Crippen MR) is 75.1 cm³/mol. The molecule has 4 heteroatoms. The van der Waals surface area contributed by atoms with E-state index in [0.29, 0.717) is 5.75 Å². The maximum atomic E-state index is 13.5. The minimum absolute atomic E-state index is 0.0283. The van der Waals surface area contributed by atoms with Crippen LogP contribution in [0.1, 0.15) is 38.3 Å². The highest BCUT2D eigenvalue weighted by molar-refractivity contribution is 5.36. The summed E-state index contributed by atoms with van der Waals surface area (Å²) in [4.78, 5) is 0. The van der Waals surface area contributed by atoms with Crippen LogP contribution in [-0.2, 0) is 4.74 Å². The van der Waals surface area contributed by atoms with Gasteiger partial charge in [0.1, 0.15) is 11.6 Å². The zero-order valence-electron chi connectivity index (χ0n) is 12.2. The first-order valence-corrected chi connectivity index (χ1v) is 6.72. The molecule has 0 bridgehead atoms. The summed E-state index contributed by atoms with van der Waals surface area (Å²) in [6, 6.07) is 4.65. The normalized spacial score (nSPS) is 14.2. The van der Waals surface area contributed by atoms with E-state index in [2.05, 4.69) is 12.2 Å². The molecular formula is C15H24FNO2. The van der Waals surface area contributed by atoms with Gasteiger partial charge in [-0.1, -0.05) is 6.92 Å². The molecule has 0 spiro atoms. The summed E-state index contributed by atoms with van der Waals surface area (Å²) in [6.07, 6.45) is 1.90. The summed E-state index contributed by atoms with van der Waals surface area (Å²) in [7, 11) is 3.29. The summed E-state index contributed by atoms with van der Waals surface area (Å²) >= 11 is 0. The Kier molecular flexibility index (Phi) is 6.81. The summed E-state index contributed by atoms with van der Waals surface area (Å²) in [5.74, 6) is 0.461. The Morgan fingerprint density at radius 1 is 1.32 bits per heavy atom. The van der Waals surface area contributed by atoms with Gasteiger partial charge in [-0.3, -0.25) is 0 Å². The Labute approximate surface area is 115 Å². The molecule has 1 rings (SSSR count). The molecule has 0 amide bonds. The second-order valence-electron chi connectivity index (χ2n) is 4.68. The number of benzene rings is 1. The van der Waals surface area contributed by atoms with Crippen LogP contribution in [0, 0.1) is 5.82 Å². The second-order valence-corrected chi connectivity index (χ2v) is 4.68. The standard InChI is InChI=1S/C15H24FNO2/c1-5-8-17-14(9-11(2)18-3)13-10-12(16)6-7-15(13)19-4/h6-7,10-11,14,17H,5,8-9H2,1-4H3. The fourth-order valence-electron chi connectivity index (χ4n) is 2.04. The molecule has 108 valence electrons. The fraction of sp³-hybridized carbons (Fsp3) is 0.600. The molecule has 0 aliphatic carbocycles. The topological polar surface area (TPSA) is 30.5 Å². The van der Waals surface area contributed by atoms with Gasteiger partial charge in [0.25, 0.3) is 0 Å². The molecule has 0 saturated heterocycles. The van der Waals surface area contributed by atoms with Crippen molar-refractivity contribution in [2.45, 2.75) is 38.8 Å². The molecule has 1 aromatic carbocycles. The fourth-order valence-corrected chi connectivity index (χ4v) is 2.04. The number of hydrogen-bond acceptors (Lipinski definition) is 3. The molecule has 0 aliphatic rings. The van der Waals surface area contributed by atoms with Crippen molar-refractivity contribution in [3.63, 3.8) is 0 Å². The van der Waals surface area contributed by atoms with Crippen LogP contribution in [0.4, 0.5) is 4.39 Å². The van der Waals surface area contributed by atoms with Gasteiger partial charge in [-0.05, 0) is 44.5 Å². The van der Waals surface area contributed by atoms with Crippen molar-refractivity contribution in [1.82, 2.24) is 5.32 Å². The third-order valence-corrected chi connectivity index (χ3v) is 3.18. The van der Waals surface area contributed by atoms with E-state index in [1.54, 1.807) is 20.3 Å². The van der Waals surface area contributed by atoms with Crippen molar-refractivity contribution in [2.24, 2.45) is 0 Å². The van der Waals surface area contributed by atoms with Crippen molar-refractivity contribution in [1.29, 1.82) is 0 Å². The Morgan fingerprint density at radius 2 is 2.05 bits per heavy atom. The van der Waals surface area contributed by atoms with Crippen LogP contribution >= 0.6 is 0 Å². The first-order valence-electron chi connectivity index (χ1n) is 6.72. The van der Waals surface area contributed by atoms with Crippen LogP contribution in [0.5, 0.6) is 5.75 Å². The van der Waals surface area contributed by atoms with Crippen molar-refractivity contribution in [3.8, 4) is 5.75 Å². The highest BCUT2D eigenvalue weighted by Gasteiger charge is 2.19. The number of methoxy groups -OCH3 is 2. The lowest BCUT2D eigenvalue weighted by Crippen LogP contribution is -2.26. The van der Waals surface area contributed by atoms with Crippen molar-refractivity contribution < 1.29 is 13.9 Å². The van der Waals surface area contributed by atoms with Crippen LogP contribution in [0.2, 0.25) is 0 Å². The number of nitrogens with one attached hydrogen (secondary N) is 1. The summed E-state index contributed by atoms with van der Waals surface area (Å²) in [5.41, 5.74) is 0.847. The monoisotopic (exact) mass is 269 g/mol. The Balaban J connectivity index is 2.97. The Bertz CT molecular complexity index is 384. The quantitative estimate of drug-likeness (QED) is 0.785. The predicted octanol–water partition coefficient (Wildman–Crippen LogP) is 3.30. The summed E-state index contributed by atoms with van der Waals surface area (Å²) in [5, 5.41) is 3.43. The average molecular weight is 269 g/mol. The third kappa shape index (κ3) is 4.80. The first-order chi connectivity index (χ1) is 9.12. The van der Waals surface area contributed by atoms with Gasteiger partial charge in [-0.2, -0.15) is 0 Å². The molecule has 3 nitrogen and oxygen atoms in total. The van der Waals surface area contributed by atoms with Crippen LogP contribution < -0.4 is 10.1 Å². The molecular weight excluding hydrogens is 245 g/mol. The molecule has 0 saturated carbocycles. The molecule has 2 unspecified atom stereocenters. The molecule has 0 aliphatic heterocycles. The van der Waals surface area contributed by atoms with Gasteiger partial charge in [0, 0.05) is 18.7 Å². The van der Waals surface area contributed by atoms with E-state index in [0.717, 1.165) is 24.9 Å². The van der Waals surface area contributed by atoms with Crippen LogP contribution in [0.15, 0.2) is 18.2 Å². The zero-order chi connectivity index (χ0) is 14.3. The lowest BCUT2D eigenvalue weighted by Gasteiger charge is -2.23. The lowest BCUT2D eigenvalue weighted by molar-refractivity contribution is 0.1000. The second kappa shape index (κ2) is 8.12. The molecule has 0 aromatic heterocycles. The van der Waals surface area contributed by atoms with Crippen LogP contribution in [0.3, 0.4) is 0 Å². The first kappa shape index (κ1) is 15.9. The van der Waals surface area contributed by atoms with Gasteiger partial charge >= 0.3 is 0 Å². The SMILES string of the molecule is CCCNC(CC(C)OC)c1cc(F)ccc1OC. The molecule has 0 heterocycles. The molecule has 0 radical (unpaired) electrons. The van der Waals surface area contributed by atoms with Crippen LogP contribution in [0.25, 0.3) is 0 Å². The number of ether oxygens (including phenoxy) is 2. The van der Waals surface area contributed by atoms with Gasteiger partial charge in [0.2, 0.25) is 0 Å². The van der Waals surface area contributed by atoms with E-state index < -0.39 is 0 Å². The van der Waals surface area contributed by atoms with Crippen molar-refractivity contribution in [2.75, 3.05) is 20.8 Å². The summed E-state index contributed by atoms with van der Waals surface area (Å²) < 4.78 is 24.1. The minimum atomic E-state index is -0.246. The number of hydrogen-bond donors (Lipinski definition) is 1. The van der Waals surface area contributed by atoms with Crippen LogP contribution in [-0.4, -0.2) is 26.9 Å². The van der Waals surface area contributed by atoms with E-state index in [9.17, 15) is 4.39 Å². The van der Waals surface area contributed by atoms with E-state index >= 15 is 0 Å². The number of halogens is 1. The van der Waals surface area contributed by atoms with Crippen molar-refractivity contribution >= 4 is 0 Å². The van der Waals surface area contributed by atoms with Gasteiger partial charge in [0.15, 0.2) is 0 Å². The Hall–Kier alpha value is -1.13. The largest absolute Gasteiger partial charge is 0.496 e. The molecule has 1 N–H and O–H groups in total. The van der Waals surface area contributed by atoms with E-state index in [4.69, 9.17) is 9.47 Å². The highest BCUT2D eigenvalue weighted by atomic mass is 19.1. The maximum absolute atomic E-state index is 13.5.